The van der Waals surface area contributed by atoms with E-state index in [2.05, 4.69) is 5.32 Å². The van der Waals surface area contributed by atoms with Crippen LogP contribution in [-0.2, 0) is 16.0 Å². The lowest BCUT2D eigenvalue weighted by Crippen LogP contribution is -2.43. The van der Waals surface area contributed by atoms with Crippen molar-refractivity contribution in [2.45, 2.75) is 57.1 Å². The number of hydrogen-bond donors (Lipinski definition) is 2. The molecule has 182 valence electrons. The summed E-state index contributed by atoms with van der Waals surface area (Å²) in [6.45, 7) is 2.40. The lowest BCUT2D eigenvalue weighted by atomic mass is 9.83. The van der Waals surface area contributed by atoms with Gasteiger partial charge in [0.05, 0.1) is 5.60 Å². The number of nitrogens with one attached hydrogen (secondary N) is 1. The summed E-state index contributed by atoms with van der Waals surface area (Å²) in [6, 6.07) is 10.9. The van der Waals surface area contributed by atoms with Gasteiger partial charge in [0.15, 0.2) is 6.61 Å². The zero-order valence-electron chi connectivity index (χ0n) is 19.2. The minimum absolute atomic E-state index is 0.104. The minimum Gasteiger partial charge on any atom is -0.484 e. The first kappa shape index (κ1) is 24.5. The van der Waals surface area contributed by atoms with E-state index >= 15 is 0 Å². The Morgan fingerprint density at radius 2 is 1.91 bits per heavy atom. The summed E-state index contributed by atoms with van der Waals surface area (Å²) < 4.78 is 18.5. The summed E-state index contributed by atoms with van der Waals surface area (Å²) in [7, 11) is 0. The second-order valence-electron chi connectivity index (χ2n) is 9.55. The van der Waals surface area contributed by atoms with Gasteiger partial charge in [-0.25, -0.2) is 4.39 Å². The van der Waals surface area contributed by atoms with Gasteiger partial charge in [-0.15, -0.1) is 0 Å². The molecule has 1 saturated heterocycles. The fraction of sp³-hybridized carbons (Fsp3) is 0.462. The zero-order valence-corrected chi connectivity index (χ0v) is 20.0. The van der Waals surface area contributed by atoms with Gasteiger partial charge >= 0.3 is 0 Å². The van der Waals surface area contributed by atoms with Crippen molar-refractivity contribution in [1.82, 2.24) is 4.90 Å². The third-order valence-electron chi connectivity index (χ3n) is 6.81. The Balaban J connectivity index is 1.28. The molecule has 2 aromatic rings. The van der Waals surface area contributed by atoms with Crippen LogP contribution in [0.1, 0.15) is 44.6 Å². The van der Waals surface area contributed by atoms with Crippen molar-refractivity contribution in [2.24, 2.45) is 5.92 Å². The monoisotopic (exact) mass is 488 g/mol. The molecular weight excluding hydrogens is 459 g/mol. The first-order valence-electron chi connectivity index (χ1n) is 11.7. The molecule has 1 aliphatic heterocycles. The molecule has 0 bridgehead atoms. The number of rotatable bonds is 7. The number of amides is 2. The fourth-order valence-electron chi connectivity index (χ4n) is 4.78. The topological polar surface area (TPSA) is 78.9 Å². The van der Waals surface area contributed by atoms with Crippen LogP contribution in [0, 0.1) is 11.7 Å². The molecule has 1 aliphatic carbocycles. The van der Waals surface area contributed by atoms with E-state index in [1.807, 2.05) is 17.9 Å². The van der Waals surface area contributed by atoms with E-state index in [4.69, 9.17) is 16.3 Å². The van der Waals surface area contributed by atoms with Crippen LogP contribution >= 0.6 is 11.6 Å². The highest BCUT2D eigenvalue weighted by atomic mass is 35.5. The van der Waals surface area contributed by atoms with Gasteiger partial charge in [-0.1, -0.05) is 17.7 Å². The van der Waals surface area contributed by atoms with Crippen LogP contribution in [0.2, 0.25) is 5.02 Å². The van der Waals surface area contributed by atoms with Crippen LogP contribution in [0.25, 0.3) is 0 Å². The summed E-state index contributed by atoms with van der Waals surface area (Å²) in [6.07, 6.45) is 4.48. The number of anilines is 1. The minimum atomic E-state index is -0.613. The Morgan fingerprint density at radius 1 is 1.21 bits per heavy atom. The summed E-state index contributed by atoms with van der Waals surface area (Å²) in [5, 5.41) is 13.3. The lowest BCUT2D eigenvalue weighted by Gasteiger charge is -2.37. The number of hydrogen-bond acceptors (Lipinski definition) is 4. The van der Waals surface area contributed by atoms with Crippen molar-refractivity contribution >= 4 is 29.1 Å². The van der Waals surface area contributed by atoms with Gasteiger partial charge in [0.1, 0.15) is 11.6 Å². The molecule has 6 nitrogen and oxygen atoms in total. The predicted octanol–water partition coefficient (Wildman–Crippen LogP) is 4.58. The van der Waals surface area contributed by atoms with Gasteiger partial charge in [0.25, 0.3) is 5.91 Å². The largest absolute Gasteiger partial charge is 0.484 e. The summed E-state index contributed by atoms with van der Waals surface area (Å²) in [5.74, 6) is -0.225. The smallest absolute Gasteiger partial charge is 0.262 e. The SMILES string of the molecule is CC1(O)CCC(N2CCC(Cc3ccc(OCC(=O)Nc4ccc(F)cc4)cc3Cl)C2=O)CC1. The van der Waals surface area contributed by atoms with Crippen molar-refractivity contribution in [2.75, 3.05) is 18.5 Å². The second-order valence-corrected chi connectivity index (χ2v) is 9.95. The third kappa shape index (κ3) is 6.07. The number of nitrogens with zero attached hydrogens (tertiary/aromatic N) is 1. The van der Waals surface area contributed by atoms with Crippen molar-refractivity contribution in [3.63, 3.8) is 0 Å². The van der Waals surface area contributed by atoms with Crippen LogP contribution in [0.15, 0.2) is 42.5 Å². The maximum Gasteiger partial charge on any atom is 0.262 e. The summed E-state index contributed by atoms with van der Waals surface area (Å²) >= 11 is 6.46. The molecule has 34 heavy (non-hydrogen) atoms. The molecule has 4 rings (SSSR count). The molecule has 0 spiro atoms. The number of benzene rings is 2. The molecule has 2 fully saturated rings. The van der Waals surface area contributed by atoms with E-state index < -0.39 is 5.60 Å². The summed E-state index contributed by atoms with van der Waals surface area (Å²) in [4.78, 5) is 27.1. The predicted molar refractivity (Wildman–Crippen MR) is 128 cm³/mol. The standard InChI is InChI=1S/C26H30ClFN2O4/c1-26(33)11-8-21(9-12-26)30-13-10-18(25(30)32)14-17-2-7-22(15-23(17)27)34-16-24(31)29-20-5-3-19(28)4-6-20/h2-7,15,18,21,33H,8-14,16H2,1H3,(H,29,31). The van der Waals surface area contributed by atoms with Crippen LogP contribution in [0.4, 0.5) is 10.1 Å². The highest BCUT2D eigenvalue weighted by Gasteiger charge is 2.39. The number of likely N-dealkylation sites (tertiary alicyclic amines) is 1. The zero-order chi connectivity index (χ0) is 24.3. The first-order chi connectivity index (χ1) is 16.2. The average molecular weight is 489 g/mol. The second kappa shape index (κ2) is 10.3. The molecule has 0 radical (unpaired) electrons. The van der Waals surface area contributed by atoms with Gasteiger partial charge in [-0.3, -0.25) is 9.59 Å². The van der Waals surface area contributed by atoms with Crippen LogP contribution in [-0.4, -0.2) is 46.6 Å². The molecule has 1 unspecified atom stereocenters. The van der Waals surface area contributed by atoms with E-state index in [0.29, 0.717) is 22.9 Å². The quantitative estimate of drug-likeness (QED) is 0.598. The van der Waals surface area contributed by atoms with Gasteiger partial charge in [0.2, 0.25) is 5.91 Å². The van der Waals surface area contributed by atoms with Crippen molar-refractivity contribution in [3.8, 4) is 5.75 Å². The number of carbonyl (C=O) groups is 2. The van der Waals surface area contributed by atoms with Crippen LogP contribution in [0.3, 0.4) is 0 Å². The lowest BCUT2D eigenvalue weighted by molar-refractivity contribution is -0.134. The Labute approximate surface area is 204 Å². The number of ether oxygens (including phenoxy) is 1. The molecule has 8 heteroatoms. The molecule has 2 N–H and O–H groups in total. The average Bonchev–Trinajstić information content (AvgIpc) is 3.15. The number of carbonyl (C=O) groups excluding carboxylic acids is 2. The van der Waals surface area contributed by atoms with Gasteiger partial charge in [-0.05, 0) is 87.4 Å². The normalized spacial score (nSPS) is 24.8. The molecule has 2 aliphatic rings. The molecule has 1 atom stereocenters. The Kier molecular flexibility index (Phi) is 7.43. The van der Waals surface area contributed by atoms with E-state index in [1.54, 1.807) is 12.1 Å². The number of aliphatic hydroxyl groups is 1. The highest BCUT2D eigenvalue weighted by Crippen LogP contribution is 2.35. The fourth-order valence-corrected chi connectivity index (χ4v) is 5.03. The Hall–Kier alpha value is -2.64. The van der Waals surface area contributed by atoms with Crippen LogP contribution in [0.5, 0.6) is 5.75 Å². The van der Waals surface area contributed by atoms with Gasteiger partial charge < -0.3 is 20.1 Å². The molecule has 0 aromatic heterocycles. The van der Waals surface area contributed by atoms with E-state index in [-0.39, 0.29) is 36.2 Å². The van der Waals surface area contributed by atoms with Crippen molar-refractivity contribution < 1.29 is 23.8 Å². The highest BCUT2D eigenvalue weighted by molar-refractivity contribution is 6.31. The maximum absolute atomic E-state index is 13.0. The van der Waals surface area contributed by atoms with Gasteiger partial charge in [0, 0.05) is 29.2 Å². The molecule has 2 amide bonds. The summed E-state index contributed by atoms with van der Waals surface area (Å²) in [5.41, 5.74) is 0.742. The van der Waals surface area contributed by atoms with Crippen LogP contribution < -0.4 is 10.1 Å². The third-order valence-corrected chi connectivity index (χ3v) is 7.16. The van der Waals surface area contributed by atoms with Crippen molar-refractivity contribution in [3.05, 3.63) is 58.9 Å². The van der Waals surface area contributed by atoms with Crippen molar-refractivity contribution in [1.29, 1.82) is 0 Å². The molecule has 2 aromatic carbocycles. The Bertz CT molecular complexity index is 1030. The number of halogens is 2. The van der Waals surface area contributed by atoms with E-state index in [1.165, 1.54) is 24.3 Å². The molecule has 1 saturated carbocycles. The van der Waals surface area contributed by atoms with E-state index in [9.17, 15) is 19.1 Å². The van der Waals surface area contributed by atoms with E-state index in [0.717, 1.165) is 44.2 Å². The molecule has 1 heterocycles. The Morgan fingerprint density at radius 3 is 2.59 bits per heavy atom. The first-order valence-corrected chi connectivity index (χ1v) is 12.1. The molecular formula is C26H30ClFN2O4. The maximum atomic E-state index is 13.0. The van der Waals surface area contributed by atoms with Gasteiger partial charge in [-0.2, -0.15) is 0 Å².